The Morgan fingerprint density at radius 3 is 2.71 bits per heavy atom. The molecule has 2 saturated heterocycles. The fraction of sp³-hybridized carbons (Fsp3) is 1.00. The highest BCUT2D eigenvalue weighted by Crippen LogP contribution is 2.17. The maximum absolute atomic E-state index is 3.60. The summed E-state index contributed by atoms with van der Waals surface area (Å²) in [5.41, 5.74) is 0. The van der Waals surface area contributed by atoms with Gasteiger partial charge in [0.05, 0.1) is 0 Å². The molecule has 2 aliphatic rings. The van der Waals surface area contributed by atoms with Crippen molar-refractivity contribution in [1.82, 2.24) is 15.1 Å². The molecule has 0 amide bonds. The summed E-state index contributed by atoms with van der Waals surface area (Å²) in [7, 11) is 0. The van der Waals surface area contributed by atoms with Crippen LogP contribution in [0.5, 0.6) is 0 Å². The summed E-state index contributed by atoms with van der Waals surface area (Å²) >= 11 is 0. The Hall–Kier alpha value is -0.120. The van der Waals surface area contributed by atoms with Crippen molar-refractivity contribution in [3.8, 4) is 0 Å². The quantitative estimate of drug-likeness (QED) is 0.758. The van der Waals surface area contributed by atoms with Crippen LogP contribution in [-0.4, -0.2) is 61.2 Å². The zero-order chi connectivity index (χ0) is 12.1. The summed E-state index contributed by atoms with van der Waals surface area (Å²) in [5, 5.41) is 3.60. The van der Waals surface area contributed by atoms with Crippen molar-refractivity contribution in [2.75, 3.05) is 39.3 Å². The van der Waals surface area contributed by atoms with Crippen LogP contribution in [-0.2, 0) is 0 Å². The van der Waals surface area contributed by atoms with Crippen LogP contribution in [0.2, 0.25) is 0 Å². The highest BCUT2D eigenvalue weighted by molar-refractivity contribution is 4.84. The summed E-state index contributed by atoms with van der Waals surface area (Å²) in [6.45, 7) is 12.1. The van der Waals surface area contributed by atoms with Gasteiger partial charge in [-0.05, 0) is 58.4 Å². The highest BCUT2D eigenvalue weighted by atomic mass is 15.2. The molecule has 2 unspecified atom stereocenters. The first kappa shape index (κ1) is 13.3. The van der Waals surface area contributed by atoms with Crippen molar-refractivity contribution in [1.29, 1.82) is 0 Å². The molecule has 0 radical (unpaired) electrons. The van der Waals surface area contributed by atoms with Gasteiger partial charge in [0.1, 0.15) is 0 Å². The third-order valence-electron chi connectivity index (χ3n) is 4.53. The van der Waals surface area contributed by atoms with Crippen LogP contribution in [0.25, 0.3) is 0 Å². The third kappa shape index (κ3) is 3.67. The van der Waals surface area contributed by atoms with Crippen molar-refractivity contribution in [3.63, 3.8) is 0 Å². The second kappa shape index (κ2) is 6.72. The van der Waals surface area contributed by atoms with Crippen molar-refractivity contribution < 1.29 is 0 Å². The molecule has 0 aromatic rings. The number of hydrogen-bond donors (Lipinski definition) is 1. The predicted molar refractivity (Wildman–Crippen MR) is 73.4 cm³/mol. The van der Waals surface area contributed by atoms with E-state index in [1.165, 1.54) is 65.0 Å². The van der Waals surface area contributed by atoms with Crippen molar-refractivity contribution in [3.05, 3.63) is 0 Å². The maximum atomic E-state index is 3.60. The van der Waals surface area contributed by atoms with Gasteiger partial charge in [-0.15, -0.1) is 0 Å². The maximum Gasteiger partial charge on any atom is 0.0235 e. The van der Waals surface area contributed by atoms with Crippen LogP contribution in [0.1, 0.15) is 39.5 Å². The van der Waals surface area contributed by atoms with Gasteiger partial charge in [-0.2, -0.15) is 0 Å². The van der Waals surface area contributed by atoms with Crippen LogP contribution in [0.15, 0.2) is 0 Å². The van der Waals surface area contributed by atoms with Crippen LogP contribution in [0.3, 0.4) is 0 Å². The van der Waals surface area contributed by atoms with Crippen molar-refractivity contribution >= 4 is 0 Å². The van der Waals surface area contributed by atoms with Crippen LogP contribution >= 0.6 is 0 Å². The molecule has 0 saturated carbocycles. The van der Waals surface area contributed by atoms with E-state index in [4.69, 9.17) is 0 Å². The number of likely N-dealkylation sites (tertiary alicyclic amines) is 1. The molecule has 2 rings (SSSR count). The van der Waals surface area contributed by atoms with Crippen LogP contribution in [0.4, 0.5) is 0 Å². The van der Waals surface area contributed by atoms with E-state index in [0.717, 1.165) is 12.1 Å². The molecule has 2 fully saturated rings. The lowest BCUT2D eigenvalue weighted by molar-refractivity contribution is 0.209. The summed E-state index contributed by atoms with van der Waals surface area (Å²) in [6.07, 6.45) is 5.50. The molecule has 0 aromatic heterocycles. The van der Waals surface area contributed by atoms with Gasteiger partial charge in [0.15, 0.2) is 0 Å². The van der Waals surface area contributed by atoms with Gasteiger partial charge >= 0.3 is 0 Å². The van der Waals surface area contributed by atoms with E-state index in [1.54, 1.807) is 0 Å². The third-order valence-corrected chi connectivity index (χ3v) is 4.53. The number of hydrogen-bond acceptors (Lipinski definition) is 3. The molecule has 100 valence electrons. The second-order valence-corrected chi connectivity index (χ2v) is 5.55. The average molecular weight is 239 g/mol. The summed E-state index contributed by atoms with van der Waals surface area (Å²) in [6, 6.07) is 1.63. The van der Waals surface area contributed by atoms with Crippen LogP contribution in [0, 0.1) is 0 Å². The minimum Gasteiger partial charge on any atom is -0.314 e. The van der Waals surface area contributed by atoms with E-state index in [-0.39, 0.29) is 0 Å². The molecule has 3 nitrogen and oxygen atoms in total. The van der Waals surface area contributed by atoms with Crippen molar-refractivity contribution in [2.45, 2.75) is 51.6 Å². The molecule has 1 N–H and O–H groups in total. The normalized spacial score (nSPS) is 30.5. The van der Waals surface area contributed by atoms with Gasteiger partial charge < -0.3 is 10.2 Å². The van der Waals surface area contributed by atoms with E-state index in [1.807, 2.05) is 0 Å². The summed E-state index contributed by atoms with van der Waals surface area (Å²) in [5.74, 6) is 0. The summed E-state index contributed by atoms with van der Waals surface area (Å²) < 4.78 is 0. The fourth-order valence-electron chi connectivity index (χ4n) is 3.39. The first-order valence-electron chi connectivity index (χ1n) is 7.53. The van der Waals surface area contributed by atoms with Gasteiger partial charge in [-0.1, -0.05) is 13.8 Å². The second-order valence-electron chi connectivity index (χ2n) is 5.55. The van der Waals surface area contributed by atoms with E-state index < -0.39 is 0 Å². The molecule has 0 aromatic carbocycles. The largest absolute Gasteiger partial charge is 0.314 e. The first-order valence-corrected chi connectivity index (χ1v) is 7.53. The number of nitrogens with one attached hydrogen (secondary N) is 1. The van der Waals surface area contributed by atoms with Gasteiger partial charge in [-0.25, -0.2) is 0 Å². The Labute approximate surface area is 107 Å². The lowest BCUT2D eigenvalue weighted by atomic mass is 10.1. The van der Waals surface area contributed by atoms with Gasteiger partial charge in [-0.3, -0.25) is 4.90 Å². The summed E-state index contributed by atoms with van der Waals surface area (Å²) in [4.78, 5) is 5.29. The Kier molecular flexibility index (Phi) is 5.26. The predicted octanol–water partition coefficient (Wildman–Crippen LogP) is 1.54. The highest BCUT2D eigenvalue weighted by Gasteiger charge is 2.26. The molecule has 17 heavy (non-hydrogen) atoms. The van der Waals surface area contributed by atoms with E-state index in [0.29, 0.717) is 0 Å². The minimum absolute atomic E-state index is 0.808. The molecule has 0 bridgehead atoms. The van der Waals surface area contributed by atoms with E-state index in [9.17, 15) is 0 Å². The van der Waals surface area contributed by atoms with Gasteiger partial charge in [0, 0.05) is 18.6 Å². The SMILES string of the molecule is CCN(CC)C1CCN(CCC2CCCN2)C1. The number of likely N-dealkylation sites (N-methyl/N-ethyl adjacent to an activating group) is 1. The van der Waals surface area contributed by atoms with E-state index >= 15 is 0 Å². The monoisotopic (exact) mass is 239 g/mol. The standard InChI is InChI=1S/C14H29N3/c1-3-17(4-2)14-8-11-16(12-14)10-7-13-6-5-9-15-13/h13-15H,3-12H2,1-2H3. The minimum atomic E-state index is 0.808. The molecular weight excluding hydrogens is 210 g/mol. The first-order chi connectivity index (χ1) is 8.33. The lowest BCUT2D eigenvalue weighted by Crippen LogP contribution is -2.38. The molecule has 2 heterocycles. The number of rotatable bonds is 6. The Morgan fingerprint density at radius 2 is 2.06 bits per heavy atom. The molecule has 2 atom stereocenters. The van der Waals surface area contributed by atoms with Gasteiger partial charge in [0.25, 0.3) is 0 Å². The zero-order valence-electron chi connectivity index (χ0n) is 11.6. The molecule has 0 spiro atoms. The number of nitrogens with zero attached hydrogens (tertiary/aromatic N) is 2. The Morgan fingerprint density at radius 1 is 1.24 bits per heavy atom. The lowest BCUT2D eigenvalue weighted by Gasteiger charge is -2.26. The van der Waals surface area contributed by atoms with Crippen molar-refractivity contribution in [2.24, 2.45) is 0 Å². The topological polar surface area (TPSA) is 18.5 Å². The van der Waals surface area contributed by atoms with E-state index in [2.05, 4.69) is 29.0 Å². The molecular formula is C14H29N3. The molecule has 3 heteroatoms. The van der Waals surface area contributed by atoms with Gasteiger partial charge in [0.2, 0.25) is 0 Å². The molecule has 0 aliphatic carbocycles. The van der Waals surface area contributed by atoms with Crippen LogP contribution < -0.4 is 5.32 Å². The smallest absolute Gasteiger partial charge is 0.0235 e. The zero-order valence-corrected chi connectivity index (χ0v) is 11.6. The fourth-order valence-corrected chi connectivity index (χ4v) is 3.39. The molecule has 2 aliphatic heterocycles. The Balaban J connectivity index is 1.66. The average Bonchev–Trinajstić information content (AvgIpc) is 2.99. The Bertz CT molecular complexity index is 210.